The second-order valence-electron chi connectivity index (χ2n) is 5.60. The quantitative estimate of drug-likeness (QED) is 0.640. The molecule has 2 aromatic heterocycles. The van der Waals surface area contributed by atoms with Crippen LogP contribution >= 0.6 is 11.3 Å². The number of carboxylic acid groups (broad SMARTS) is 1. The Labute approximate surface area is 156 Å². The van der Waals surface area contributed by atoms with E-state index in [0.717, 1.165) is 25.2 Å². The van der Waals surface area contributed by atoms with Gasteiger partial charge in [-0.1, -0.05) is 0 Å². The molecule has 1 aliphatic rings. The molecule has 11 heteroatoms. The van der Waals surface area contributed by atoms with Crippen molar-refractivity contribution in [3.05, 3.63) is 28.7 Å². The monoisotopic (exact) mass is 399 g/mol. The molecule has 3 rings (SSSR count). The SMILES string of the molecule is Cc1nc(S(=O)(=O)Nc2cscn2)ccc1N(C)[C@H]1CCNC1.O=CO. The Bertz CT molecular complexity index is 821. The van der Waals surface area contributed by atoms with Gasteiger partial charge < -0.3 is 15.3 Å². The van der Waals surface area contributed by atoms with Crippen LogP contribution in [-0.2, 0) is 14.8 Å². The van der Waals surface area contributed by atoms with Crippen molar-refractivity contribution >= 4 is 39.3 Å². The van der Waals surface area contributed by atoms with Crippen molar-refractivity contribution in [3.8, 4) is 0 Å². The molecule has 0 aliphatic carbocycles. The van der Waals surface area contributed by atoms with Gasteiger partial charge in [-0.05, 0) is 32.0 Å². The summed E-state index contributed by atoms with van der Waals surface area (Å²) in [5, 5.41) is 11.9. The first-order valence-electron chi connectivity index (χ1n) is 7.79. The normalized spacial score (nSPS) is 16.5. The van der Waals surface area contributed by atoms with Crippen molar-refractivity contribution in [3.63, 3.8) is 0 Å². The first-order chi connectivity index (χ1) is 12.4. The standard InChI is InChI=1S/C14H19N5O2S2.CH2O2/c1-10-12(19(2)11-5-6-15-7-11)3-4-14(17-10)23(20,21)18-13-8-22-9-16-13;2-1-3/h3-4,8-9,11,15,18H,5-7H2,1-2H3;1H,(H,2,3)/t11-;/m0./s1. The molecule has 0 amide bonds. The van der Waals surface area contributed by atoms with Crippen molar-refractivity contribution in [1.29, 1.82) is 0 Å². The molecule has 1 saturated heterocycles. The fourth-order valence-corrected chi connectivity index (χ4v) is 4.23. The molecule has 1 atom stereocenters. The third-order valence-corrected chi connectivity index (χ3v) is 5.78. The number of anilines is 2. The topological polar surface area (TPSA) is 125 Å². The molecule has 0 spiro atoms. The van der Waals surface area contributed by atoms with Crippen LogP contribution in [0.25, 0.3) is 0 Å². The zero-order valence-corrected chi connectivity index (χ0v) is 16.0. The van der Waals surface area contributed by atoms with Gasteiger partial charge in [0.1, 0.15) is 0 Å². The van der Waals surface area contributed by atoms with E-state index >= 15 is 0 Å². The number of aryl methyl sites for hydroxylation is 1. The number of rotatable bonds is 5. The number of aromatic nitrogens is 2. The van der Waals surface area contributed by atoms with Gasteiger partial charge in [0.15, 0.2) is 10.8 Å². The minimum Gasteiger partial charge on any atom is -0.483 e. The highest BCUT2D eigenvalue weighted by Crippen LogP contribution is 2.24. The van der Waals surface area contributed by atoms with Gasteiger partial charge in [0.2, 0.25) is 0 Å². The number of carbonyl (C=O) groups is 1. The molecule has 0 unspecified atom stereocenters. The smallest absolute Gasteiger partial charge is 0.290 e. The van der Waals surface area contributed by atoms with Crippen molar-refractivity contribution in [2.45, 2.75) is 24.4 Å². The number of hydrogen-bond acceptors (Lipinski definition) is 8. The maximum absolute atomic E-state index is 12.4. The summed E-state index contributed by atoms with van der Waals surface area (Å²) in [6, 6.07) is 3.76. The number of pyridine rings is 1. The van der Waals surface area contributed by atoms with Gasteiger partial charge in [0.05, 0.1) is 16.9 Å². The Balaban J connectivity index is 0.000000758. The molecule has 2 aromatic rings. The van der Waals surface area contributed by atoms with Gasteiger partial charge in [0, 0.05) is 25.0 Å². The molecule has 142 valence electrons. The number of sulfonamides is 1. The molecule has 3 heterocycles. The highest BCUT2D eigenvalue weighted by molar-refractivity contribution is 7.92. The molecular weight excluding hydrogens is 378 g/mol. The Morgan fingerprint density at radius 3 is 2.73 bits per heavy atom. The first-order valence-corrected chi connectivity index (χ1v) is 10.2. The number of hydrogen-bond donors (Lipinski definition) is 3. The van der Waals surface area contributed by atoms with Crippen LogP contribution in [0.1, 0.15) is 12.1 Å². The zero-order valence-electron chi connectivity index (χ0n) is 14.4. The van der Waals surface area contributed by atoms with E-state index in [2.05, 4.69) is 24.9 Å². The van der Waals surface area contributed by atoms with E-state index in [4.69, 9.17) is 9.90 Å². The Morgan fingerprint density at radius 2 is 2.19 bits per heavy atom. The fraction of sp³-hybridized carbons (Fsp3) is 0.400. The molecule has 0 saturated carbocycles. The molecule has 0 radical (unpaired) electrons. The van der Waals surface area contributed by atoms with Crippen LogP contribution in [0.3, 0.4) is 0 Å². The van der Waals surface area contributed by atoms with E-state index in [0.29, 0.717) is 17.6 Å². The van der Waals surface area contributed by atoms with E-state index in [1.807, 2.05) is 20.0 Å². The van der Waals surface area contributed by atoms with E-state index in [9.17, 15) is 8.42 Å². The highest BCUT2D eigenvalue weighted by atomic mass is 32.2. The van der Waals surface area contributed by atoms with Crippen LogP contribution in [0.15, 0.2) is 28.0 Å². The van der Waals surface area contributed by atoms with Gasteiger partial charge in [0.25, 0.3) is 16.5 Å². The van der Waals surface area contributed by atoms with E-state index < -0.39 is 10.0 Å². The van der Waals surface area contributed by atoms with Crippen LogP contribution in [-0.4, -0.2) is 56.1 Å². The van der Waals surface area contributed by atoms with Crippen LogP contribution in [0.5, 0.6) is 0 Å². The minimum absolute atomic E-state index is 0.00435. The predicted molar refractivity (Wildman–Crippen MR) is 100 cm³/mol. The molecule has 1 fully saturated rings. The summed E-state index contributed by atoms with van der Waals surface area (Å²) >= 11 is 1.33. The van der Waals surface area contributed by atoms with Crippen LogP contribution in [0, 0.1) is 6.92 Å². The number of nitrogens with zero attached hydrogens (tertiary/aromatic N) is 3. The highest BCUT2D eigenvalue weighted by Gasteiger charge is 2.23. The average molecular weight is 399 g/mol. The summed E-state index contributed by atoms with van der Waals surface area (Å²) in [4.78, 5) is 18.7. The first kappa shape index (κ1) is 20.1. The van der Waals surface area contributed by atoms with Crippen LogP contribution in [0.2, 0.25) is 0 Å². The molecule has 3 N–H and O–H groups in total. The van der Waals surface area contributed by atoms with Gasteiger partial charge in [-0.2, -0.15) is 8.42 Å². The molecule has 0 bridgehead atoms. The number of thiazole rings is 1. The van der Waals surface area contributed by atoms with Gasteiger partial charge in [-0.15, -0.1) is 11.3 Å². The summed E-state index contributed by atoms with van der Waals surface area (Å²) in [5.41, 5.74) is 3.22. The lowest BCUT2D eigenvalue weighted by molar-refractivity contribution is -0.122. The summed E-state index contributed by atoms with van der Waals surface area (Å²) in [5.74, 6) is 0.313. The van der Waals surface area contributed by atoms with E-state index in [1.165, 1.54) is 17.4 Å². The van der Waals surface area contributed by atoms with Crippen LogP contribution < -0.4 is 14.9 Å². The van der Waals surface area contributed by atoms with Crippen molar-refractivity contribution < 1.29 is 18.3 Å². The summed E-state index contributed by atoms with van der Waals surface area (Å²) in [7, 11) is -1.70. The lowest BCUT2D eigenvalue weighted by Crippen LogP contribution is -2.34. The predicted octanol–water partition coefficient (Wildman–Crippen LogP) is 1.15. The molecule has 1 aliphatic heterocycles. The molecule has 0 aromatic carbocycles. The largest absolute Gasteiger partial charge is 0.483 e. The second kappa shape index (κ2) is 8.92. The Morgan fingerprint density at radius 1 is 1.46 bits per heavy atom. The van der Waals surface area contributed by atoms with Crippen molar-refractivity contribution in [2.75, 3.05) is 29.8 Å². The summed E-state index contributed by atoms with van der Waals surface area (Å²) in [6.45, 7) is 3.52. The third kappa shape index (κ3) is 4.90. The zero-order chi connectivity index (χ0) is 19.2. The lowest BCUT2D eigenvalue weighted by Gasteiger charge is -2.27. The maximum Gasteiger partial charge on any atom is 0.290 e. The molecule has 26 heavy (non-hydrogen) atoms. The van der Waals surface area contributed by atoms with Crippen molar-refractivity contribution in [1.82, 2.24) is 15.3 Å². The van der Waals surface area contributed by atoms with Gasteiger partial charge in [-0.3, -0.25) is 9.52 Å². The number of likely N-dealkylation sites (N-methyl/N-ethyl adjacent to an activating group) is 1. The average Bonchev–Trinajstić information content (AvgIpc) is 3.28. The maximum atomic E-state index is 12.4. The van der Waals surface area contributed by atoms with Crippen LogP contribution in [0.4, 0.5) is 11.5 Å². The van der Waals surface area contributed by atoms with Gasteiger partial charge in [-0.25, -0.2) is 9.97 Å². The van der Waals surface area contributed by atoms with E-state index in [-0.39, 0.29) is 11.5 Å². The fourth-order valence-electron chi connectivity index (χ4n) is 2.67. The van der Waals surface area contributed by atoms with Gasteiger partial charge >= 0.3 is 0 Å². The molecular formula is C15H21N5O4S2. The number of nitrogens with one attached hydrogen (secondary N) is 2. The summed E-state index contributed by atoms with van der Waals surface area (Å²) < 4.78 is 27.1. The Kier molecular flexibility index (Phi) is 6.89. The summed E-state index contributed by atoms with van der Waals surface area (Å²) in [6.07, 6.45) is 1.07. The van der Waals surface area contributed by atoms with E-state index in [1.54, 1.807) is 10.9 Å². The second-order valence-corrected chi connectivity index (χ2v) is 7.94. The minimum atomic E-state index is -3.72. The lowest BCUT2D eigenvalue weighted by atomic mass is 10.2. The third-order valence-electron chi connectivity index (χ3n) is 3.94. The Hall–Kier alpha value is -2.24. The molecule has 9 nitrogen and oxygen atoms in total. The van der Waals surface area contributed by atoms with Crippen molar-refractivity contribution in [2.24, 2.45) is 0 Å².